The van der Waals surface area contributed by atoms with Crippen molar-refractivity contribution in [1.29, 1.82) is 0 Å². The minimum absolute atomic E-state index is 0.477. The molecule has 0 saturated carbocycles. The highest BCUT2D eigenvalue weighted by Gasteiger charge is 2.09. The number of nitrogens with two attached hydrogens (primary N) is 1. The first kappa shape index (κ1) is 12.6. The van der Waals surface area contributed by atoms with Gasteiger partial charge in [0.25, 0.3) is 0 Å². The molecule has 0 atom stereocenters. The zero-order valence-corrected chi connectivity index (χ0v) is 12.7. The van der Waals surface area contributed by atoms with E-state index >= 15 is 0 Å². The average molecular weight is 406 g/mol. The third-order valence-corrected chi connectivity index (χ3v) is 3.71. The van der Waals surface area contributed by atoms with E-state index in [1.54, 1.807) is 13.3 Å². The van der Waals surface area contributed by atoms with Gasteiger partial charge in [0.05, 0.1) is 10.7 Å². The van der Waals surface area contributed by atoms with Crippen molar-refractivity contribution in [1.82, 2.24) is 9.97 Å². The Kier molecular flexibility index (Phi) is 3.82. The second kappa shape index (κ2) is 5.18. The smallest absolute Gasteiger partial charge is 0.162 e. The van der Waals surface area contributed by atoms with Crippen molar-refractivity contribution >= 4 is 44.3 Å². The maximum Gasteiger partial charge on any atom is 0.162 e. The zero-order valence-electron chi connectivity index (χ0n) is 8.95. The number of methoxy groups -OCH3 is 1. The highest BCUT2D eigenvalue weighted by molar-refractivity contribution is 14.1. The van der Waals surface area contributed by atoms with E-state index in [4.69, 9.17) is 10.5 Å². The monoisotopic (exact) mass is 405 g/mol. The SMILES string of the molecule is COc1ccc(Br)c(-c2ncc(I)c(N)n2)c1. The molecule has 2 rings (SSSR count). The summed E-state index contributed by atoms with van der Waals surface area (Å²) in [5.41, 5.74) is 6.63. The van der Waals surface area contributed by atoms with Crippen LogP contribution in [-0.4, -0.2) is 17.1 Å². The van der Waals surface area contributed by atoms with Crippen LogP contribution in [0.25, 0.3) is 11.4 Å². The molecule has 0 aliphatic heterocycles. The van der Waals surface area contributed by atoms with E-state index in [2.05, 4.69) is 48.5 Å². The number of aromatic nitrogens is 2. The van der Waals surface area contributed by atoms with Gasteiger partial charge in [-0.25, -0.2) is 9.97 Å². The van der Waals surface area contributed by atoms with Gasteiger partial charge in [-0.3, -0.25) is 0 Å². The Morgan fingerprint density at radius 3 is 2.82 bits per heavy atom. The second-order valence-electron chi connectivity index (χ2n) is 3.27. The first-order valence-electron chi connectivity index (χ1n) is 4.73. The molecule has 0 aliphatic rings. The summed E-state index contributed by atoms with van der Waals surface area (Å²) in [6.07, 6.45) is 1.70. The maximum atomic E-state index is 5.77. The molecule has 2 N–H and O–H groups in total. The lowest BCUT2D eigenvalue weighted by Gasteiger charge is -2.07. The van der Waals surface area contributed by atoms with Crippen LogP contribution in [0.3, 0.4) is 0 Å². The first-order chi connectivity index (χ1) is 8.11. The van der Waals surface area contributed by atoms with Gasteiger partial charge in [0, 0.05) is 16.2 Å². The highest BCUT2D eigenvalue weighted by Crippen LogP contribution is 2.30. The van der Waals surface area contributed by atoms with Crippen molar-refractivity contribution in [2.75, 3.05) is 12.8 Å². The average Bonchev–Trinajstić information content (AvgIpc) is 2.33. The summed E-state index contributed by atoms with van der Waals surface area (Å²) < 4.78 is 6.92. The fourth-order valence-electron chi connectivity index (χ4n) is 1.31. The van der Waals surface area contributed by atoms with E-state index in [1.165, 1.54) is 0 Å². The number of benzene rings is 1. The van der Waals surface area contributed by atoms with Crippen molar-refractivity contribution < 1.29 is 4.74 Å². The molecule has 0 spiro atoms. The van der Waals surface area contributed by atoms with Crippen LogP contribution in [0.1, 0.15) is 0 Å². The fourth-order valence-corrected chi connectivity index (χ4v) is 2.00. The predicted molar refractivity (Wildman–Crippen MR) is 78.8 cm³/mol. The van der Waals surface area contributed by atoms with E-state index in [9.17, 15) is 0 Å². The van der Waals surface area contributed by atoms with Crippen LogP contribution in [0.2, 0.25) is 0 Å². The molecule has 0 saturated heterocycles. The predicted octanol–water partition coefficient (Wildman–Crippen LogP) is 3.10. The third-order valence-electron chi connectivity index (χ3n) is 2.19. The van der Waals surface area contributed by atoms with Crippen molar-refractivity contribution in [3.63, 3.8) is 0 Å². The van der Waals surface area contributed by atoms with Gasteiger partial charge in [-0.1, -0.05) is 15.9 Å². The lowest BCUT2D eigenvalue weighted by atomic mass is 10.2. The van der Waals surface area contributed by atoms with Gasteiger partial charge < -0.3 is 10.5 Å². The van der Waals surface area contributed by atoms with Gasteiger partial charge in [-0.05, 0) is 40.8 Å². The topological polar surface area (TPSA) is 61.0 Å². The Morgan fingerprint density at radius 1 is 1.41 bits per heavy atom. The number of hydrogen-bond acceptors (Lipinski definition) is 4. The first-order valence-corrected chi connectivity index (χ1v) is 6.61. The standard InChI is InChI=1S/C11H9BrIN3O/c1-17-6-2-3-8(12)7(4-6)11-15-5-9(13)10(14)16-11/h2-5H,1H3,(H2,14,15,16). The van der Waals surface area contributed by atoms with Gasteiger partial charge in [0.15, 0.2) is 5.82 Å². The molecule has 6 heteroatoms. The van der Waals surface area contributed by atoms with E-state index in [0.717, 1.165) is 19.4 Å². The number of anilines is 1. The van der Waals surface area contributed by atoms with Crippen LogP contribution in [0, 0.1) is 3.57 Å². The highest BCUT2D eigenvalue weighted by atomic mass is 127. The van der Waals surface area contributed by atoms with Gasteiger partial charge in [0.2, 0.25) is 0 Å². The molecule has 88 valence electrons. The zero-order chi connectivity index (χ0) is 12.4. The Balaban J connectivity index is 2.55. The quantitative estimate of drug-likeness (QED) is 0.780. The van der Waals surface area contributed by atoms with E-state index in [0.29, 0.717) is 11.6 Å². The largest absolute Gasteiger partial charge is 0.497 e. The summed E-state index contributed by atoms with van der Waals surface area (Å²) in [5, 5.41) is 0. The Morgan fingerprint density at radius 2 is 2.18 bits per heavy atom. The van der Waals surface area contributed by atoms with E-state index in [1.807, 2.05) is 18.2 Å². The molecular formula is C11H9BrIN3O. The number of ether oxygens (including phenoxy) is 1. The molecule has 0 radical (unpaired) electrons. The molecule has 1 aromatic heterocycles. The second-order valence-corrected chi connectivity index (χ2v) is 5.29. The van der Waals surface area contributed by atoms with Crippen LogP contribution in [0.15, 0.2) is 28.9 Å². The molecule has 4 nitrogen and oxygen atoms in total. The molecule has 0 fully saturated rings. The molecule has 0 aliphatic carbocycles. The molecule has 2 aromatic rings. The molecule has 0 bridgehead atoms. The van der Waals surface area contributed by atoms with Gasteiger partial charge in [-0.2, -0.15) is 0 Å². The number of hydrogen-bond donors (Lipinski definition) is 1. The minimum atomic E-state index is 0.477. The number of halogens is 2. The number of nitrogens with zero attached hydrogens (tertiary/aromatic N) is 2. The molecule has 0 unspecified atom stereocenters. The Labute approximate surface area is 121 Å². The fraction of sp³-hybridized carbons (Fsp3) is 0.0909. The van der Waals surface area contributed by atoms with Crippen molar-refractivity contribution in [2.24, 2.45) is 0 Å². The molecule has 17 heavy (non-hydrogen) atoms. The molecule has 1 heterocycles. The van der Waals surface area contributed by atoms with E-state index < -0.39 is 0 Å². The third kappa shape index (κ3) is 2.68. The summed E-state index contributed by atoms with van der Waals surface area (Å²) in [5.74, 6) is 1.81. The van der Waals surface area contributed by atoms with Crippen LogP contribution >= 0.6 is 38.5 Å². The van der Waals surface area contributed by atoms with Gasteiger partial charge in [-0.15, -0.1) is 0 Å². The Hall–Kier alpha value is -0.890. The van der Waals surface area contributed by atoms with Crippen LogP contribution in [-0.2, 0) is 0 Å². The number of nitrogen functional groups attached to an aromatic ring is 1. The van der Waals surface area contributed by atoms with Crippen molar-refractivity contribution in [3.05, 3.63) is 32.4 Å². The lowest BCUT2D eigenvalue weighted by Crippen LogP contribution is -1.99. The van der Waals surface area contributed by atoms with Crippen LogP contribution in [0.5, 0.6) is 5.75 Å². The summed E-state index contributed by atoms with van der Waals surface area (Å²) in [7, 11) is 1.62. The number of rotatable bonds is 2. The molecular weight excluding hydrogens is 397 g/mol. The Bertz CT molecular complexity index is 562. The van der Waals surface area contributed by atoms with Crippen molar-refractivity contribution in [3.8, 4) is 17.1 Å². The van der Waals surface area contributed by atoms with E-state index in [-0.39, 0.29) is 0 Å². The summed E-state index contributed by atoms with van der Waals surface area (Å²) in [6, 6.07) is 5.63. The summed E-state index contributed by atoms with van der Waals surface area (Å²) in [4.78, 5) is 8.51. The maximum absolute atomic E-state index is 5.77. The van der Waals surface area contributed by atoms with Crippen LogP contribution < -0.4 is 10.5 Å². The lowest BCUT2D eigenvalue weighted by molar-refractivity contribution is 0.415. The van der Waals surface area contributed by atoms with Crippen LogP contribution in [0.4, 0.5) is 5.82 Å². The summed E-state index contributed by atoms with van der Waals surface area (Å²) in [6.45, 7) is 0. The van der Waals surface area contributed by atoms with Gasteiger partial charge >= 0.3 is 0 Å². The summed E-state index contributed by atoms with van der Waals surface area (Å²) >= 11 is 5.56. The molecule has 0 amide bonds. The normalized spacial score (nSPS) is 10.3. The minimum Gasteiger partial charge on any atom is -0.497 e. The molecule has 1 aromatic carbocycles. The van der Waals surface area contributed by atoms with Gasteiger partial charge in [0.1, 0.15) is 11.6 Å². The van der Waals surface area contributed by atoms with Crippen molar-refractivity contribution in [2.45, 2.75) is 0 Å².